The summed E-state index contributed by atoms with van der Waals surface area (Å²) in [5.41, 5.74) is 4.20. The second kappa shape index (κ2) is 8.06. The summed E-state index contributed by atoms with van der Waals surface area (Å²) in [7, 11) is 1.94. The lowest BCUT2D eigenvalue weighted by atomic mass is 10.1. The zero-order valence-electron chi connectivity index (χ0n) is 17.4. The maximum absolute atomic E-state index is 12.5. The van der Waals surface area contributed by atoms with Gasteiger partial charge in [0.2, 0.25) is 5.91 Å². The Morgan fingerprint density at radius 3 is 2.79 bits per heavy atom. The maximum atomic E-state index is 12.5. The van der Waals surface area contributed by atoms with E-state index in [2.05, 4.69) is 37.1 Å². The van der Waals surface area contributed by atoms with Crippen LogP contribution in [0.2, 0.25) is 0 Å². The third kappa shape index (κ3) is 4.10. The fraction of sp³-hybridized carbons (Fsp3) is 0.550. The van der Waals surface area contributed by atoms with Crippen molar-refractivity contribution < 1.29 is 4.79 Å². The topological polar surface area (TPSA) is 90.5 Å². The number of carbonyl (C=O) groups is 1. The highest BCUT2D eigenvalue weighted by Gasteiger charge is 2.23. The molecule has 0 saturated heterocycles. The van der Waals surface area contributed by atoms with E-state index in [0.717, 1.165) is 66.0 Å². The fourth-order valence-electron chi connectivity index (χ4n) is 4.01. The summed E-state index contributed by atoms with van der Waals surface area (Å²) < 4.78 is 4.04. The van der Waals surface area contributed by atoms with Crippen LogP contribution < -0.4 is 5.32 Å². The molecule has 1 amide bonds. The summed E-state index contributed by atoms with van der Waals surface area (Å²) in [6, 6.07) is 0.158. The van der Waals surface area contributed by atoms with Gasteiger partial charge in [-0.2, -0.15) is 5.10 Å². The number of carbonyl (C=O) groups excluding carboxylic acids is 1. The predicted octanol–water partition coefficient (Wildman–Crippen LogP) is 2.51. The average molecular weight is 414 g/mol. The molecule has 0 bridgehead atoms. The molecule has 1 unspecified atom stereocenters. The van der Waals surface area contributed by atoms with E-state index in [-0.39, 0.29) is 11.9 Å². The monoisotopic (exact) mass is 413 g/mol. The summed E-state index contributed by atoms with van der Waals surface area (Å²) >= 11 is 1.62. The number of rotatable bonds is 5. The number of fused-ring (bicyclic) bond motifs is 1. The van der Waals surface area contributed by atoms with Gasteiger partial charge in [-0.15, -0.1) is 21.5 Å². The summed E-state index contributed by atoms with van der Waals surface area (Å²) in [6.07, 6.45) is 3.77. The molecule has 0 spiro atoms. The Morgan fingerprint density at radius 2 is 2.10 bits per heavy atom. The quantitative estimate of drug-likeness (QED) is 0.694. The zero-order valence-corrected chi connectivity index (χ0v) is 18.2. The van der Waals surface area contributed by atoms with E-state index < -0.39 is 0 Å². The minimum Gasteiger partial charge on any atom is -0.353 e. The summed E-state index contributed by atoms with van der Waals surface area (Å²) in [4.78, 5) is 17.1. The maximum Gasteiger partial charge on any atom is 0.220 e. The predicted molar refractivity (Wildman–Crippen MR) is 112 cm³/mol. The molecular weight excluding hydrogens is 386 g/mol. The van der Waals surface area contributed by atoms with Crippen LogP contribution in [-0.2, 0) is 31.2 Å². The molecule has 3 aromatic heterocycles. The van der Waals surface area contributed by atoms with Crippen molar-refractivity contribution in [3.63, 3.8) is 0 Å². The van der Waals surface area contributed by atoms with E-state index >= 15 is 0 Å². The molecule has 9 heteroatoms. The number of thiazole rings is 1. The van der Waals surface area contributed by atoms with Crippen molar-refractivity contribution in [3.05, 3.63) is 33.2 Å². The van der Waals surface area contributed by atoms with Crippen LogP contribution in [0, 0.1) is 20.8 Å². The highest BCUT2D eigenvalue weighted by atomic mass is 32.1. The molecular formula is C20H27N7OS. The van der Waals surface area contributed by atoms with Crippen molar-refractivity contribution in [1.82, 2.24) is 34.8 Å². The molecule has 0 saturated carbocycles. The summed E-state index contributed by atoms with van der Waals surface area (Å²) in [5, 5.41) is 19.4. The van der Waals surface area contributed by atoms with Crippen molar-refractivity contribution >= 4 is 17.2 Å². The molecule has 1 N–H and O–H groups in total. The van der Waals surface area contributed by atoms with Crippen molar-refractivity contribution in [3.8, 4) is 11.5 Å². The van der Waals surface area contributed by atoms with Crippen molar-refractivity contribution in [2.75, 3.05) is 0 Å². The molecule has 8 nitrogen and oxygen atoms in total. The fourth-order valence-corrected chi connectivity index (χ4v) is 4.60. The molecule has 0 aromatic carbocycles. The van der Waals surface area contributed by atoms with Gasteiger partial charge in [-0.1, -0.05) is 0 Å². The van der Waals surface area contributed by atoms with E-state index in [1.54, 1.807) is 11.3 Å². The largest absolute Gasteiger partial charge is 0.353 e. The smallest absolute Gasteiger partial charge is 0.220 e. The van der Waals surface area contributed by atoms with Gasteiger partial charge in [0, 0.05) is 43.5 Å². The second-order valence-corrected chi connectivity index (χ2v) is 8.77. The van der Waals surface area contributed by atoms with Crippen LogP contribution in [0.1, 0.15) is 47.0 Å². The lowest BCUT2D eigenvalue weighted by Gasteiger charge is -2.16. The van der Waals surface area contributed by atoms with Gasteiger partial charge in [0.05, 0.1) is 10.7 Å². The van der Waals surface area contributed by atoms with Crippen molar-refractivity contribution in [2.45, 2.75) is 65.5 Å². The molecule has 0 aliphatic carbocycles. The van der Waals surface area contributed by atoms with Gasteiger partial charge in [-0.3, -0.25) is 9.48 Å². The average Bonchev–Trinajstić information content (AvgIpc) is 3.31. The van der Waals surface area contributed by atoms with Gasteiger partial charge in [-0.25, -0.2) is 4.98 Å². The SMILES string of the molecule is Cc1nc(-c2nnc3n2CCC(NC(=O)CCc2c(C)nn(C)c2C)CC3)cs1. The van der Waals surface area contributed by atoms with E-state index in [0.29, 0.717) is 6.42 Å². The first kappa shape index (κ1) is 19.8. The number of aryl methyl sites for hydroxylation is 4. The van der Waals surface area contributed by atoms with Crippen LogP contribution in [-0.4, -0.2) is 41.5 Å². The zero-order chi connectivity index (χ0) is 20.5. The molecule has 154 valence electrons. The van der Waals surface area contributed by atoms with E-state index in [1.807, 2.05) is 31.0 Å². The molecule has 1 aliphatic rings. The van der Waals surface area contributed by atoms with Crippen LogP contribution in [0.25, 0.3) is 11.5 Å². The number of nitrogens with one attached hydrogen (secondary N) is 1. The van der Waals surface area contributed by atoms with E-state index in [4.69, 9.17) is 0 Å². The summed E-state index contributed by atoms with van der Waals surface area (Å²) in [5.74, 6) is 1.91. The van der Waals surface area contributed by atoms with Crippen LogP contribution in [0.4, 0.5) is 0 Å². The Bertz CT molecular complexity index is 1030. The molecule has 4 rings (SSSR count). The van der Waals surface area contributed by atoms with Crippen molar-refractivity contribution in [2.24, 2.45) is 7.05 Å². The van der Waals surface area contributed by atoms with Crippen LogP contribution in [0.5, 0.6) is 0 Å². The highest BCUT2D eigenvalue weighted by molar-refractivity contribution is 7.09. The molecule has 0 radical (unpaired) electrons. The minimum absolute atomic E-state index is 0.102. The molecule has 3 aromatic rings. The van der Waals surface area contributed by atoms with Gasteiger partial charge < -0.3 is 9.88 Å². The third-order valence-electron chi connectivity index (χ3n) is 5.72. The molecule has 1 atom stereocenters. The molecule has 4 heterocycles. The van der Waals surface area contributed by atoms with Gasteiger partial charge in [-0.05, 0) is 45.6 Å². The van der Waals surface area contributed by atoms with Crippen molar-refractivity contribution in [1.29, 1.82) is 0 Å². The first-order valence-electron chi connectivity index (χ1n) is 10.1. The Balaban J connectivity index is 1.35. The Morgan fingerprint density at radius 1 is 1.28 bits per heavy atom. The van der Waals surface area contributed by atoms with Gasteiger partial charge in [0.15, 0.2) is 5.82 Å². The van der Waals surface area contributed by atoms with Gasteiger partial charge >= 0.3 is 0 Å². The Kier molecular flexibility index (Phi) is 5.49. The Hall–Kier alpha value is -2.55. The first-order valence-corrected chi connectivity index (χ1v) is 10.9. The number of amides is 1. The Labute approximate surface area is 174 Å². The highest BCUT2D eigenvalue weighted by Crippen LogP contribution is 2.24. The summed E-state index contributed by atoms with van der Waals surface area (Å²) in [6.45, 7) is 6.84. The first-order chi connectivity index (χ1) is 13.9. The molecule has 0 fully saturated rings. The van der Waals surface area contributed by atoms with E-state index in [9.17, 15) is 4.79 Å². The van der Waals surface area contributed by atoms with E-state index in [1.165, 1.54) is 5.56 Å². The number of hydrogen-bond donors (Lipinski definition) is 1. The van der Waals surface area contributed by atoms with Gasteiger partial charge in [0.1, 0.15) is 11.5 Å². The van der Waals surface area contributed by atoms with Crippen LogP contribution in [0.3, 0.4) is 0 Å². The van der Waals surface area contributed by atoms with Gasteiger partial charge in [0.25, 0.3) is 0 Å². The number of nitrogens with zero attached hydrogens (tertiary/aromatic N) is 6. The standard InChI is InChI=1S/C20H27N7OS/c1-12-16(13(2)26(4)25-12)6-8-19(28)22-15-5-7-18-23-24-20(27(18)10-9-15)17-11-29-14(3)21-17/h11,15H,5-10H2,1-4H3,(H,22,28). The van der Waals surface area contributed by atoms with Crippen LogP contribution in [0.15, 0.2) is 5.38 Å². The molecule has 29 heavy (non-hydrogen) atoms. The lowest BCUT2D eigenvalue weighted by Crippen LogP contribution is -2.35. The normalized spacial score (nSPS) is 16.5. The minimum atomic E-state index is 0.102. The number of hydrogen-bond acceptors (Lipinski definition) is 6. The number of aromatic nitrogens is 6. The second-order valence-electron chi connectivity index (χ2n) is 7.71. The third-order valence-corrected chi connectivity index (χ3v) is 6.49. The van der Waals surface area contributed by atoms with Crippen LogP contribution >= 0.6 is 11.3 Å². The molecule has 1 aliphatic heterocycles. The lowest BCUT2D eigenvalue weighted by molar-refractivity contribution is -0.121.